The Morgan fingerprint density at radius 1 is 1.32 bits per heavy atom. The number of anilines is 2. The molecule has 0 radical (unpaired) electrons. The second kappa shape index (κ2) is 5.86. The minimum atomic E-state index is -0.240. The molecule has 0 fully saturated rings. The van der Waals surface area contributed by atoms with Crippen molar-refractivity contribution in [2.45, 2.75) is 6.92 Å². The van der Waals surface area contributed by atoms with Crippen LogP contribution in [-0.2, 0) is 0 Å². The van der Waals surface area contributed by atoms with Crippen molar-refractivity contribution in [2.24, 2.45) is 0 Å². The minimum Gasteiger partial charge on any atom is -0.493 e. The summed E-state index contributed by atoms with van der Waals surface area (Å²) in [4.78, 5) is 16.1. The largest absolute Gasteiger partial charge is 0.493 e. The Labute approximate surface area is 111 Å². The predicted octanol–water partition coefficient (Wildman–Crippen LogP) is 2.31. The summed E-state index contributed by atoms with van der Waals surface area (Å²) in [7, 11) is 0. The van der Waals surface area contributed by atoms with E-state index in [9.17, 15) is 4.79 Å². The van der Waals surface area contributed by atoms with Gasteiger partial charge in [0.15, 0.2) is 0 Å². The molecule has 0 aliphatic carbocycles. The van der Waals surface area contributed by atoms with Gasteiger partial charge in [-0.1, -0.05) is 12.1 Å². The maximum Gasteiger partial charge on any atom is 0.259 e. The summed E-state index contributed by atoms with van der Waals surface area (Å²) >= 11 is 0. The van der Waals surface area contributed by atoms with Crippen LogP contribution in [0.25, 0.3) is 0 Å². The molecular weight excluding hydrogens is 242 g/mol. The molecular formula is C14H15N3O2. The van der Waals surface area contributed by atoms with E-state index in [-0.39, 0.29) is 5.91 Å². The summed E-state index contributed by atoms with van der Waals surface area (Å²) in [5.74, 6) is 0.731. The molecule has 19 heavy (non-hydrogen) atoms. The lowest BCUT2D eigenvalue weighted by Gasteiger charge is -2.10. The third-order valence-corrected chi connectivity index (χ3v) is 2.48. The van der Waals surface area contributed by atoms with Crippen molar-refractivity contribution in [3.8, 4) is 5.75 Å². The van der Waals surface area contributed by atoms with Crippen LogP contribution in [-0.4, -0.2) is 17.5 Å². The molecule has 0 atom stereocenters. The van der Waals surface area contributed by atoms with Gasteiger partial charge in [-0.05, 0) is 31.2 Å². The fourth-order valence-corrected chi connectivity index (χ4v) is 1.61. The lowest BCUT2D eigenvalue weighted by Crippen LogP contribution is -2.13. The first-order valence-corrected chi connectivity index (χ1v) is 5.95. The quantitative estimate of drug-likeness (QED) is 0.881. The molecule has 0 bridgehead atoms. The number of nitrogen functional groups attached to an aromatic ring is 1. The van der Waals surface area contributed by atoms with Crippen LogP contribution < -0.4 is 15.8 Å². The Hall–Kier alpha value is -2.56. The molecule has 2 rings (SSSR count). The van der Waals surface area contributed by atoms with Gasteiger partial charge < -0.3 is 15.8 Å². The SMILES string of the molecule is CCOc1ccccc1C(=O)Nc1ccc(N)nc1. The van der Waals surface area contributed by atoms with Crippen LogP contribution in [0.4, 0.5) is 11.5 Å². The molecule has 3 N–H and O–H groups in total. The van der Waals surface area contributed by atoms with Crippen molar-refractivity contribution >= 4 is 17.4 Å². The Bertz CT molecular complexity index is 567. The highest BCUT2D eigenvalue weighted by Gasteiger charge is 2.11. The van der Waals surface area contributed by atoms with Gasteiger partial charge in [0.2, 0.25) is 0 Å². The third-order valence-electron chi connectivity index (χ3n) is 2.48. The number of hydrogen-bond donors (Lipinski definition) is 2. The number of nitrogens with two attached hydrogens (primary N) is 1. The van der Waals surface area contributed by atoms with Gasteiger partial charge in [-0.2, -0.15) is 0 Å². The average Bonchev–Trinajstić information content (AvgIpc) is 2.42. The number of ether oxygens (including phenoxy) is 1. The van der Waals surface area contributed by atoms with Crippen molar-refractivity contribution in [1.29, 1.82) is 0 Å². The molecule has 0 aliphatic heterocycles. The Balaban J connectivity index is 2.18. The number of nitrogens with one attached hydrogen (secondary N) is 1. The Morgan fingerprint density at radius 3 is 2.79 bits per heavy atom. The van der Waals surface area contributed by atoms with E-state index in [0.29, 0.717) is 29.4 Å². The fraction of sp³-hybridized carbons (Fsp3) is 0.143. The maximum atomic E-state index is 12.1. The number of pyridine rings is 1. The normalized spacial score (nSPS) is 9.95. The van der Waals surface area contributed by atoms with Crippen molar-refractivity contribution in [3.05, 3.63) is 48.2 Å². The van der Waals surface area contributed by atoms with Crippen molar-refractivity contribution in [3.63, 3.8) is 0 Å². The number of carbonyl (C=O) groups excluding carboxylic acids is 1. The second-order valence-corrected chi connectivity index (χ2v) is 3.86. The monoisotopic (exact) mass is 257 g/mol. The zero-order valence-electron chi connectivity index (χ0n) is 10.6. The molecule has 0 saturated heterocycles. The lowest BCUT2D eigenvalue weighted by atomic mass is 10.2. The summed E-state index contributed by atoms with van der Waals surface area (Å²) in [6.07, 6.45) is 1.51. The van der Waals surface area contributed by atoms with Crippen LogP contribution >= 0.6 is 0 Å². The summed E-state index contributed by atoms with van der Waals surface area (Å²) in [6, 6.07) is 10.4. The number of amides is 1. The molecule has 5 heteroatoms. The first-order chi connectivity index (χ1) is 9.20. The van der Waals surface area contributed by atoms with Gasteiger partial charge in [-0.25, -0.2) is 4.98 Å². The molecule has 2 aromatic rings. The van der Waals surface area contributed by atoms with Crippen LogP contribution in [0.5, 0.6) is 5.75 Å². The molecule has 98 valence electrons. The van der Waals surface area contributed by atoms with E-state index in [1.807, 2.05) is 13.0 Å². The van der Waals surface area contributed by atoms with Crippen LogP contribution in [0, 0.1) is 0 Å². The molecule has 0 unspecified atom stereocenters. The second-order valence-electron chi connectivity index (χ2n) is 3.86. The molecule has 1 aromatic heterocycles. The van der Waals surface area contributed by atoms with E-state index in [2.05, 4.69) is 10.3 Å². The highest BCUT2D eigenvalue weighted by molar-refractivity contribution is 6.06. The highest BCUT2D eigenvalue weighted by atomic mass is 16.5. The van der Waals surface area contributed by atoms with Crippen LogP contribution in [0.3, 0.4) is 0 Å². The van der Waals surface area contributed by atoms with E-state index in [0.717, 1.165) is 0 Å². The Kier molecular flexibility index (Phi) is 3.97. The van der Waals surface area contributed by atoms with Crippen LogP contribution in [0.2, 0.25) is 0 Å². The summed E-state index contributed by atoms with van der Waals surface area (Å²) in [5, 5.41) is 2.75. The molecule has 0 aliphatic rings. The maximum absolute atomic E-state index is 12.1. The number of hydrogen-bond acceptors (Lipinski definition) is 4. The van der Waals surface area contributed by atoms with Crippen LogP contribution in [0.1, 0.15) is 17.3 Å². The predicted molar refractivity (Wildman–Crippen MR) is 74.2 cm³/mol. The summed E-state index contributed by atoms with van der Waals surface area (Å²) in [6.45, 7) is 2.38. The topological polar surface area (TPSA) is 77.2 Å². The van der Waals surface area contributed by atoms with E-state index in [1.54, 1.807) is 30.3 Å². The fourth-order valence-electron chi connectivity index (χ4n) is 1.61. The van der Waals surface area contributed by atoms with Crippen molar-refractivity contribution < 1.29 is 9.53 Å². The number of aromatic nitrogens is 1. The van der Waals surface area contributed by atoms with Gasteiger partial charge >= 0.3 is 0 Å². The number of rotatable bonds is 4. The van der Waals surface area contributed by atoms with E-state index in [1.165, 1.54) is 6.20 Å². The highest BCUT2D eigenvalue weighted by Crippen LogP contribution is 2.19. The summed E-state index contributed by atoms with van der Waals surface area (Å²) < 4.78 is 5.42. The van der Waals surface area contributed by atoms with Gasteiger partial charge in [0.05, 0.1) is 24.1 Å². The molecule has 0 spiro atoms. The first-order valence-electron chi connectivity index (χ1n) is 5.95. The molecule has 1 aromatic carbocycles. The molecule has 1 heterocycles. The standard InChI is InChI=1S/C14H15N3O2/c1-2-19-12-6-4-3-5-11(12)14(18)17-10-7-8-13(15)16-9-10/h3-9H,2H2,1H3,(H2,15,16)(H,17,18). The van der Waals surface area contributed by atoms with Gasteiger partial charge in [0, 0.05) is 0 Å². The van der Waals surface area contributed by atoms with Gasteiger partial charge in [0.1, 0.15) is 11.6 Å². The van der Waals surface area contributed by atoms with Crippen molar-refractivity contribution in [1.82, 2.24) is 4.98 Å². The molecule has 0 saturated carbocycles. The summed E-state index contributed by atoms with van der Waals surface area (Å²) in [5.41, 5.74) is 6.56. The Morgan fingerprint density at radius 2 is 2.11 bits per heavy atom. The minimum absolute atomic E-state index is 0.240. The van der Waals surface area contributed by atoms with Gasteiger partial charge in [-0.3, -0.25) is 4.79 Å². The smallest absolute Gasteiger partial charge is 0.259 e. The number of benzene rings is 1. The first kappa shape index (κ1) is 12.9. The number of nitrogens with zero attached hydrogens (tertiary/aromatic N) is 1. The van der Waals surface area contributed by atoms with Crippen LogP contribution in [0.15, 0.2) is 42.6 Å². The number of carbonyl (C=O) groups is 1. The zero-order valence-corrected chi connectivity index (χ0v) is 10.6. The average molecular weight is 257 g/mol. The zero-order chi connectivity index (χ0) is 13.7. The molecule has 1 amide bonds. The van der Waals surface area contributed by atoms with Gasteiger partial charge in [0.25, 0.3) is 5.91 Å². The lowest BCUT2D eigenvalue weighted by molar-refractivity contribution is 0.102. The van der Waals surface area contributed by atoms with E-state index < -0.39 is 0 Å². The molecule has 5 nitrogen and oxygen atoms in total. The van der Waals surface area contributed by atoms with Gasteiger partial charge in [-0.15, -0.1) is 0 Å². The van der Waals surface area contributed by atoms with E-state index in [4.69, 9.17) is 10.5 Å². The number of para-hydroxylation sites is 1. The third kappa shape index (κ3) is 3.22. The van der Waals surface area contributed by atoms with E-state index >= 15 is 0 Å². The van der Waals surface area contributed by atoms with Crippen molar-refractivity contribution in [2.75, 3.05) is 17.7 Å².